The maximum atomic E-state index is 10.9. The molecule has 14 heavy (non-hydrogen) atoms. The van der Waals surface area contributed by atoms with E-state index in [4.69, 9.17) is 9.47 Å². The summed E-state index contributed by atoms with van der Waals surface area (Å²) in [6.45, 7) is 0.226. The third-order valence-corrected chi connectivity index (χ3v) is 2.11. The minimum absolute atomic E-state index is 0.226. The molecule has 0 radical (unpaired) electrons. The van der Waals surface area contributed by atoms with Crippen LogP contribution in [0.5, 0.6) is 11.5 Å². The van der Waals surface area contributed by atoms with Gasteiger partial charge in [0.2, 0.25) is 6.79 Å². The van der Waals surface area contributed by atoms with Crippen LogP contribution in [0.4, 0.5) is 0 Å². The maximum absolute atomic E-state index is 10.9. The van der Waals surface area contributed by atoms with E-state index in [1.165, 1.54) is 6.20 Å². The van der Waals surface area contributed by atoms with Gasteiger partial charge in [0.15, 0.2) is 11.5 Å². The second-order valence-corrected chi connectivity index (χ2v) is 2.98. The first-order valence-electron chi connectivity index (χ1n) is 4.11. The van der Waals surface area contributed by atoms with Gasteiger partial charge in [0.1, 0.15) is 0 Å². The van der Waals surface area contributed by atoms with E-state index in [1.54, 1.807) is 12.1 Å². The van der Waals surface area contributed by atoms with Crippen LogP contribution in [0.1, 0.15) is 0 Å². The number of H-pyrrole nitrogens is 1. The lowest BCUT2D eigenvalue weighted by atomic mass is 10.2. The molecule has 0 unspecified atom stereocenters. The molecule has 0 aliphatic carbocycles. The van der Waals surface area contributed by atoms with E-state index < -0.39 is 0 Å². The largest absolute Gasteiger partial charge is 0.454 e. The Morgan fingerprint density at radius 3 is 2.93 bits per heavy atom. The molecule has 3 rings (SSSR count). The fraction of sp³-hybridized carbons (Fsp3) is 0.111. The molecule has 1 N–H and O–H groups in total. The van der Waals surface area contributed by atoms with Crippen LogP contribution in [-0.4, -0.2) is 16.8 Å². The highest BCUT2D eigenvalue weighted by Crippen LogP contribution is 2.34. The Morgan fingerprint density at radius 1 is 1.29 bits per heavy atom. The number of hydrogen-bond acceptors (Lipinski definition) is 4. The molecule has 0 fully saturated rings. The van der Waals surface area contributed by atoms with Crippen molar-refractivity contribution in [2.24, 2.45) is 0 Å². The van der Waals surface area contributed by atoms with Crippen molar-refractivity contribution in [1.82, 2.24) is 9.97 Å². The van der Waals surface area contributed by atoms with Gasteiger partial charge in [-0.1, -0.05) is 0 Å². The van der Waals surface area contributed by atoms with Crippen LogP contribution in [-0.2, 0) is 0 Å². The van der Waals surface area contributed by atoms with Gasteiger partial charge < -0.3 is 14.5 Å². The molecule has 0 atom stereocenters. The van der Waals surface area contributed by atoms with E-state index in [2.05, 4.69) is 9.97 Å². The van der Waals surface area contributed by atoms with Crippen LogP contribution in [0.3, 0.4) is 0 Å². The molecule has 0 spiro atoms. The molecular formula is C9H6N2O3. The summed E-state index contributed by atoms with van der Waals surface area (Å²) in [6, 6.07) is 3.53. The molecular weight excluding hydrogens is 184 g/mol. The molecule has 0 saturated carbocycles. The van der Waals surface area contributed by atoms with Gasteiger partial charge in [-0.25, -0.2) is 9.78 Å². The van der Waals surface area contributed by atoms with E-state index in [-0.39, 0.29) is 12.5 Å². The van der Waals surface area contributed by atoms with Gasteiger partial charge in [0, 0.05) is 17.6 Å². The lowest BCUT2D eigenvalue weighted by molar-refractivity contribution is 0.174. The molecule has 2 heterocycles. The highest BCUT2D eigenvalue weighted by molar-refractivity contribution is 5.81. The zero-order valence-corrected chi connectivity index (χ0v) is 7.11. The van der Waals surface area contributed by atoms with Gasteiger partial charge in [0.05, 0.1) is 5.52 Å². The predicted octanol–water partition coefficient (Wildman–Crippen LogP) is 0.652. The lowest BCUT2D eigenvalue weighted by Crippen LogP contribution is -2.08. The monoisotopic (exact) mass is 190 g/mol. The van der Waals surface area contributed by atoms with Crippen molar-refractivity contribution in [3.8, 4) is 11.5 Å². The summed E-state index contributed by atoms with van der Waals surface area (Å²) in [5, 5.41) is 0.828. The van der Waals surface area contributed by atoms with E-state index in [1.807, 2.05) is 0 Å². The predicted molar refractivity (Wildman–Crippen MR) is 48.5 cm³/mol. The zero-order valence-electron chi connectivity index (χ0n) is 7.11. The third kappa shape index (κ3) is 0.953. The smallest absolute Gasteiger partial charge is 0.345 e. The van der Waals surface area contributed by atoms with Crippen LogP contribution in [0.15, 0.2) is 23.1 Å². The Balaban J connectivity index is 2.39. The van der Waals surface area contributed by atoms with Gasteiger partial charge in [-0.05, 0) is 6.07 Å². The number of rotatable bonds is 0. The second kappa shape index (κ2) is 2.47. The summed E-state index contributed by atoms with van der Waals surface area (Å²) in [4.78, 5) is 17.2. The van der Waals surface area contributed by atoms with Crippen LogP contribution in [0.25, 0.3) is 10.9 Å². The highest BCUT2D eigenvalue weighted by Gasteiger charge is 2.14. The number of nitrogens with zero attached hydrogens (tertiary/aromatic N) is 1. The number of aromatic nitrogens is 2. The lowest BCUT2D eigenvalue weighted by Gasteiger charge is -1.98. The molecule has 70 valence electrons. The summed E-state index contributed by atoms with van der Waals surface area (Å²) >= 11 is 0. The van der Waals surface area contributed by atoms with Crippen LogP contribution in [0.2, 0.25) is 0 Å². The van der Waals surface area contributed by atoms with Crippen molar-refractivity contribution in [2.45, 2.75) is 0 Å². The first-order valence-corrected chi connectivity index (χ1v) is 4.11. The molecule has 1 aromatic carbocycles. The molecule has 5 heteroatoms. The van der Waals surface area contributed by atoms with Gasteiger partial charge in [-0.3, -0.25) is 0 Å². The average molecular weight is 190 g/mol. The average Bonchev–Trinajstić information content (AvgIpc) is 2.61. The number of benzene rings is 1. The molecule has 0 amide bonds. The fourth-order valence-electron chi connectivity index (χ4n) is 1.45. The van der Waals surface area contributed by atoms with E-state index in [0.717, 1.165) is 5.39 Å². The topological polar surface area (TPSA) is 64.2 Å². The van der Waals surface area contributed by atoms with Gasteiger partial charge >= 0.3 is 5.69 Å². The molecule has 1 aliphatic heterocycles. The van der Waals surface area contributed by atoms with Crippen molar-refractivity contribution in [3.63, 3.8) is 0 Å². The first kappa shape index (κ1) is 7.37. The zero-order chi connectivity index (χ0) is 9.54. The van der Waals surface area contributed by atoms with Gasteiger partial charge in [0.25, 0.3) is 0 Å². The Kier molecular flexibility index (Phi) is 1.30. The summed E-state index contributed by atoms with van der Waals surface area (Å²) < 4.78 is 10.4. The number of aromatic amines is 1. The van der Waals surface area contributed by atoms with Crippen LogP contribution < -0.4 is 15.2 Å². The number of fused-ring (bicyclic) bond motifs is 2. The first-order chi connectivity index (χ1) is 6.83. The number of ether oxygens (including phenoxy) is 2. The summed E-state index contributed by atoms with van der Waals surface area (Å²) in [6.07, 6.45) is 1.51. The standard InChI is InChI=1S/C9H6N2O3/c12-9-10-3-5-1-7-8(14-4-13-7)2-6(5)11-9/h1-3H,4H2,(H,10,11,12). The number of nitrogens with one attached hydrogen (secondary N) is 1. The normalized spacial score (nSPS) is 13.4. The Labute approximate surface area is 78.3 Å². The fourth-order valence-corrected chi connectivity index (χ4v) is 1.45. The molecule has 1 aromatic heterocycles. The molecule has 2 aromatic rings. The molecule has 5 nitrogen and oxygen atoms in total. The van der Waals surface area contributed by atoms with Crippen LogP contribution in [0, 0.1) is 0 Å². The van der Waals surface area contributed by atoms with E-state index in [0.29, 0.717) is 17.0 Å². The van der Waals surface area contributed by atoms with Crippen molar-refractivity contribution in [3.05, 3.63) is 28.8 Å². The maximum Gasteiger partial charge on any atom is 0.345 e. The van der Waals surface area contributed by atoms with Crippen molar-refractivity contribution in [2.75, 3.05) is 6.79 Å². The Bertz CT molecular complexity index is 561. The summed E-state index contributed by atoms with van der Waals surface area (Å²) in [5.41, 5.74) is 0.339. The third-order valence-electron chi connectivity index (χ3n) is 2.11. The minimum atomic E-state index is -0.364. The summed E-state index contributed by atoms with van der Waals surface area (Å²) in [7, 11) is 0. The molecule has 0 bridgehead atoms. The van der Waals surface area contributed by atoms with Crippen molar-refractivity contribution in [1.29, 1.82) is 0 Å². The van der Waals surface area contributed by atoms with E-state index >= 15 is 0 Å². The number of hydrogen-bond donors (Lipinski definition) is 1. The molecule has 0 saturated heterocycles. The van der Waals surface area contributed by atoms with Crippen LogP contribution >= 0.6 is 0 Å². The van der Waals surface area contributed by atoms with E-state index in [9.17, 15) is 4.79 Å². The Hall–Kier alpha value is -2.04. The van der Waals surface area contributed by atoms with Gasteiger partial charge in [-0.2, -0.15) is 0 Å². The van der Waals surface area contributed by atoms with Crippen molar-refractivity contribution < 1.29 is 9.47 Å². The SMILES string of the molecule is O=c1ncc2cc3c(cc2[nH]1)OCO3. The summed E-state index contributed by atoms with van der Waals surface area (Å²) in [5.74, 6) is 1.34. The quantitative estimate of drug-likeness (QED) is 0.662. The highest BCUT2D eigenvalue weighted by atomic mass is 16.7. The van der Waals surface area contributed by atoms with Gasteiger partial charge in [-0.15, -0.1) is 0 Å². The van der Waals surface area contributed by atoms with Crippen molar-refractivity contribution >= 4 is 10.9 Å². The second-order valence-electron chi connectivity index (χ2n) is 2.98. The minimum Gasteiger partial charge on any atom is -0.454 e. The Morgan fingerprint density at radius 2 is 2.07 bits per heavy atom. The molecule has 1 aliphatic rings.